The number of hydrogen-bond acceptors (Lipinski definition) is 3. The highest BCUT2D eigenvalue weighted by Gasteiger charge is 2.29. The second-order valence-electron chi connectivity index (χ2n) is 6.17. The Bertz CT molecular complexity index is 537. The predicted octanol–water partition coefficient (Wildman–Crippen LogP) is 2.19. The van der Waals surface area contributed by atoms with Gasteiger partial charge in [0.1, 0.15) is 0 Å². The molecule has 1 aromatic carbocycles. The summed E-state index contributed by atoms with van der Waals surface area (Å²) < 4.78 is 26.3. The molecule has 0 radical (unpaired) electrons. The highest BCUT2D eigenvalue weighted by atomic mass is 19.2. The van der Waals surface area contributed by atoms with Gasteiger partial charge in [-0.15, -0.1) is 0 Å². The molecule has 0 aliphatic carbocycles. The molecular formula is C16H22F2N2O2. The Labute approximate surface area is 129 Å². The lowest BCUT2D eigenvalue weighted by Gasteiger charge is -2.28. The summed E-state index contributed by atoms with van der Waals surface area (Å²) in [4.78, 5) is 15.4. The maximum Gasteiger partial charge on any atom is 0.307 e. The molecule has 2 rings (SSSR count). The summed E-state index contributed by atoms with van der Waals surface area (Å²) in [6, 6.07) is 4.10. The summed E-state index contributed by atoms with van der Waals surface area (Å²) in [5, 5.41) is 9.30. The summed E-state index contributed by atoms with van der Waals surface area (Å²) in [6.07, 6.45) is 1.45. The molecule has 1 heterocycles. The van der Waals surface area contributed by atoms with E-state index in [4.69, 9.17) is 0 Å². The van der Waals surface area contributed by atoms with E-state index in [2.05, 4.69) is 4.90 Å². The van der Waals surface area contributed by atoms with E-state index < -0.39 is 23.5 Å². The third kappa shape index (κ3) is 4.24. The number of carboxylic acids is 1. The van der Waals surface area contributed by atoms with Gasteiger partial charge >= 0.3 is 5.97 Å². The van der Waals surface area contributed by atoms with E-state index in [1.165, 1.54) is 6.07 Å². The molecule has 22 heavy (non-hydrogen) atoms. The SMILES string of the molecule is CN(C)[C@@H]1CC[C@H](C(=O)O)CN(Cc2ccc(F)c(F)c2)C1. The molecule has 4 nitrogen and oxygen atoms in total. The molecular weight excluding hydrogens is 290 g/mol. The molecule has 0 aromatic heterocycles. The van der Waals surface area contributed by atoms with Crippen LogP contribution < -0.4 is 0 Å². The summed E-state index contributed by atoms with van der Waals surface area (Å²) in [5.74, 6) is -2.95. The molecule has 0 amide bonds. The monoisotopic (exact) mass is 312 g/mol. The Morgan fingerprint density at radius 2 is 2.00 bits per heavy atom. The van der Waals surface area contributed by atoms with Gasteiger partial charge in [0.05, 0.1) is 5.92 Å². The normalized spacial score (nSPS) is 23.5. The molecule has 1 N–H and O–H groups in total. The summed E-state index contributed by atoms with van der Waals surface area (Å²) in [7, 11) is 3.95. The highest BCUT2D eigenvalue weighted by Crippen LogP contribution is 2.21. The number of rotatable bonds is 4. The van der Waals surface area contributed by atoms with Crippen molar-refractivity contribution in [3.8, 4) is 0 Å². The van der Waals surface area contributed by atoms with E-state index >= 15 is 0 Å². The van der Waals surface area contributed by atoms with Crippen molar-refractivity contribution < 1.29 is 18.7 Å². The fourth-order valence-electron chi connectivity index (χ4n) is 2.91. The Morgan fingerprint density at radius 3 is 2.59 bits per heavy atom. The van der Waals surface area contributed by atoms with Gasteiger partial charge in [0.15, 0.2) is 11.6 Å². The van der Waals surface area contributed by atoms with Crippen molar-refractivity contribution in [2.45, 2.75) is 25.4 Å². The van der Waals surface area contributed by atoms with Crippen molar-refractivity contribution in [1.82, 2.24) is 9.80 Å². The average Bonchev–Trinajstić information content (AvgIpc) is 2.66. The zero-order chi connectivity index (χ0) is 16.3. The van der Waals surface area contributed by atoms with E-state index in [9.17, 15) is 18.7 Å². The van der Waals surface area contributed by atoms with Crippen LogP contribution in [0.1, 0.15) is 18.4 Å². The van der Waals surface area contributed by atoms with E-state index in [0.29, 0.717) is 25.1 Å². The molecule has 0 unspecified atom stereocenters. The lowest BCUT2D eigenvalue weighted by Crippen LogP contribution is -2.39. The van der Waals surface area contributed by atoms with Gasteiger partial charge < -0.3 is 10.0 Å². The van der Waals surface area contributed by atoms with E-state index in [0.717, 1.165) is 19.0 Å². The van der Waals surface area contributed by atoms with Crippen molar-refractivity contribution in [2.75, 3.05) is 27.2 Å². The Kier molecular flexibility index (Phi) is 5.47. The molecule has 0 spiro atoms. The van der Waals surface area contributed by atoms with Crippen molar-refractivity contribution in [3.63, 3.8) is 0 Å². The number of likely N-dealkylation sites (N-methyl/N-ethyl adjacent to an activating group) is 1. The minimum atomic E-state index is -0.869. The minimum Gasteiger partial charge on any atom is -0.481 e. The van der Waals surface area contributed by atoms with Crippen LogP contribution in [0.15, 0.2) is 18.2 Å². The van der Waals surface area contributed by atoms with Gasteiger partial charge in [-0.1, -0.05) is 6.07 Å². The summed E-state index contributed by atoms with van der Waals surface area (Å²) in [6.45, 7) is 1.57. The van der Waals surface area contributed by atoms with Crippen LogP contribution in [0.5, 0.6) is 0 Å². The number of nitrogens with zero attached hydrogens (tertiary/aromatic N) is 2. The van der Waals surface area contributed by atoms with Crippen molar-refractivity contribution >= 4 is 5.97 Å². The summed E-state index contributed by atoms with van der Waals surface area (Å²) in [5.41, 5.74) is 0.655. The van der Waals surface area contributed by atoms with Gasteiger partial charge in [0, 0.05) is 25.7 Å². The number of benzene rings is 1. The van der Waals surface area contributed by atoms with E-state index in [-0.39, 0.29) is 6.04 Å². The van der Waals surface area contributed by atoms with Gasteiger partial charge in [-0.05, 0) is 44.6 Å². The summed E-state index contributed by atoms with van der Waals surface area (Å²) >= 11 is 0. The van der Waals surface area contributed by atoms with Crippen LogP contribution in [0.4, 0.5) is 8.78 Å². The van der Waals surface area contributed by atoms with E-state index in [1.54, 1.807) is 6.07 Å². The zero-order valence-corrected chi connectivity index (χ0v) is 12.9. The van der Waals surface area contributed by atoms with Gasteiger partial charge in [0.2, 0.25) is 0 Å². The lowest BCUT2D eigenvalue weighted by atomic mass is 10.0. The quantitative estimate of drug-likeness (QED) is 0.925. The van der Waals surface area contributed by atoms with Crippen LogP contribution in [-0.2, 0) is 11.3 Å². The maximum atomic E-state index is 13.3. The first-order chi connectivity index (χ1) is 10.4. The smallest absolute Gasteiger partial charge is 0.307 e. The fourth-order valence-corrected chi connectivity index (χ4v) is 2.91. The molecule has 1 aromatic rings. The molecule has 1 aliphatic rings. The van der Waals surface area contributed by atoms with Gasteiger partial charge in [-0.2, -0.15) is 0 Å². The number of halogens is 2. The number of likely N-dealkylation sites (tertiary alicyclic amines) is 1. The van der Waals surface area contributed by atoms with Crippen LogP contribution in [0, 0.1) is 17.6 Å². The molecule has 2 atom stereocenters. The number of carbonyl (C=O) groups is 1. The lowest BCUT2D eigenvalue weighted by molar-refractivity contribution is -0.142. The van der Waals surface area contributed by atoms with Crippen LogP contribution in [0.25, 0.3) is 0 Å². The zero-order valence-electron chi connectivity index (χ0n) is 12.9. The third-order valence-electron chi connectivity index (χ3n) is 4.27. The topological polar surface area (TPSA) is 43.8 Å². The second-order valence-corrected chi connectivity index (χ2v) is 6.17. The largest absolute Gasteiger partial charge is 0.481 e. The predicted molar refractivity (Wildman–Crippen MR) is 79.5 cm³/mol. The van der Waals surface area contributed by atoms with Crippen molar-refractivity contribution in [1.29, 1.82) is 0 Å². The average molecular weight is 312 g/mol. The third-order valence-corrected chi connectivity index (χ3v) is 4.27. The van der Waals surface area contributed by atoms with Gasteiger partial charge in [-0.25, -0.2) is 8.78 Å². The van der Waals surface area contributed by atoms with E-state index in [1.807, 2.05) is 19.0 Å². The molecule has 1 aliphatic heterocycles. The van der Waals surface area contributed by atoms with Gasteiger partial charge in [0.25, 0.3) is 0 Å². The molecule has 1 fully saturated rings. The first kappa shape index (κ1) is 16.8. The number of aliphatic carboxylic acids is 1. The Balaban J connectivity index is 2.13. The van der Waals surface area contributed by atoms with Crippen LogP contribution >= 0.6 is 0 Å². The maximum absolute atomic E-state index is 13.3. The van der Waals surface area contributed by atoms with Gasteiger partial charge in [-0.3, -0.25) is 9.69 Å². The molecule has 1 saturated heterocycles. The Morgan fingerprint density at radius 1 is 1.27 bits per heavy atom. The minimum absolute atomic E-state index is 0.259. The number of carboxylic acid groups (broad SMARTS) is 1. The van der Waals surface area contributed by atoms with Crippen molar-refractivity contribution in [3.05, 3.63) is 35.4 Å². The van der Waals surface area contributed by atoms with Crippen LogP contribution in [-0.4, -0.2) is 54.1 Å². The molecule has 0 saturated carbocycles. The molecule has 122 valence electrons. The highest BCUT2D eigenvalue weighted by molar-refractivity contribution is 5.70. The van der Waals surface area contributed by atoms with Crippen molar-refractivity contribution in [2.24, 2.45) is 5.92 Å². The van der Waals surface area contributed by atoms with Crippen LogP contribution in [0.2, 0.25) is 0 Å². The van der Waals surface area contributed by atoms with Crippen LogP contribution in [0.3, 0.4) is 0 Å². The standard InChI is InChI=1S/C16H22F2N2O2/c1-19(2)13-5-4-12(16(21)22)9-20(10-13)8-11-3-6-14(17)15(18)7-11/h3,6-7,12-13H,4-5,8-10H2,1-2H3,(H,21,22)/t12-,13+/m0/s1. The Hall–Kier alpha value is -1.53. The number of hydrogen-bond donors (Lipinski definition) is 1. The fraction of sp³-hybridized carbons (Fsp3) is 0.562. The second kappa shape index (κ2) is 7.15. The first-order valence-corrected chi connectivity index (χ1v) is 7.42. The molecule has 0 bridgehead atoms. The molecule has 6 heteroatoms. The first-order valence-electron chi connectivity index (χ1n) is 7.42.